The summed E-state index contributed by atoms with van der Waals surface area (Å²) in [6.07, 6.45) is 5.92. The first kappa shape index (κ1) is 16.7. The van der Waals surface area contributed by atoms with E-state index in [-0.39, 0.29) is 5.78 Å². The Balaban J connectivity index is 1.99. The zero-order valence-electron chi connectivity index (χ0n) is 14.3. The molecule has 1 spiro atoms. The average molecular weight is 330 g/mol. The molecule has 1 saturated heterocycles. The van der Waals surface area contributed by atoms with E-state index in [1.165, 1.54) is 0 Å². The molecule has 0 aromatic heterocycles. The SMILES string of the molecule is CCCC1(CCC)O[C@@]2(C=Cc3cc(OC)ccc3C2=O)OC1=O. The van der Waals surface area contributed by atoms with Crippen LogP contribution in [0, 0.1) is 0 Å². The van der Waals surface area contributed by atoms with E-state index in [4.69, 9.17) is 14.2 Å². The smallest absolute Gasteiger partial charge is 0.341 e. The molecule has 5 heteroatoms. The van der Waals surface area contributed by atoms with Crippen molar-refractivity contribution < 1.29 is 23.8 Å². The fourth-order valence-corrected chi connectivity index (χ4v) is 3.46. The summed E-state index contributed by atoms with van der Waals surface area (Å²) in [5.41, 5.74) is 0.163. The number of hydrogen-bond donors (Lipinski definition) is 0. The zero-order valence-corrected chi connectivity index (χ0v) is 14.3. The molecule has 1 atom stereocenters. The molecule has 3 rings (SSSR count). The molecule has 5 nitrogen and oxygen atoms in total. The summed E-state index contributed by atoms with van der Waals surface area (Å²) >= 11 is 0. The van der Waals surface area contributed by atoms with E-state index in [9.17, 15) is 9.59 Å². The van der Waals surface area contributed by atoms with E-state index < -0.39 is 17.4 Å². The lowest BCUT2D eigenvalue weighted by Gasteiger charge is -2.29. The highest BCUT2D eigenvalue weighted by atomic mass is 16.8. The van der Waals surface area contributed by atoms with Crippen LogP contribution in [0.1, 0.15) is 55.5 Å². The molecule has 1 aromatic carbocycles. The normalized spacial score (nSPS) is 24.1. The minimum atomic E-state index is -1.64. The van der Waals surface area contributed by atoms with Crippen molar-refractivity contribution in [3.8, 4) is 5.75 Å². The van der Waals surface area contributed by atoms with Crippen LogP contribution in [-0.2, 0) is 14.3 Å². The minimum absolute atomic E-state index is 0.343. The molecule has 24 heavy (non-hydrogen) atoms. The van der Waals surface area contributed by atoms with Crippen molar-refractivity contribution in [1.82, 2.24) is 0 Å². The second-order valence-electron chi connectivity index (χ2n) is 6.27. The van der Waals surface area contributed by atoms with Gasteiger partial charge < -0.3 is 14.2 Å². The Hall–Kier alpha value is -2.14. The van der Waals surface area contributed by atoms with Gasteiger partial charge in [-0.2, -0.15) is 0 Å². The molecule has 0 amide bonds. The number of rotatable bonds is 5. The first-order valence-corrected chi connectivity index (χ1v) is 8.36. The number of carbonyl (C=O) groups excluding carboxylic acids is 2. The Morgan fingerprint density at radius 3 is 2.46 bits per heavy atom. The van der Waals surface area contributed by atoms with Crippen molar-refractivity contribution in [3.63, 3.8) is 0 Å². The molecule has 1 aliphatic carbocycles. The maximum atomic E-state index is 13.0. The molecule has 1 aromatic rings. The van der Waals surface area contributed by atoms with Gasteiger partial charge in [-0.05, 0) is 42.7 Å². The topological polar surface area (TPSA) is 61.8 Å². The lowest BCUT2D eigenvalue weighted by Crippen LogP contribution is -2.43. The van der Waals surface area contributed by atoms with E-state index >= 15 is 0 Å². The van der Waals surface area contributed by atoms with Crippen molar-refractivity contribution in [2.24, 2.45) is 0 Å². The van der Waals surface area contributed by atoms with E-state index in [1.807, 2.05) is 13.8 Å². The van der Waals surface area contributed by atoms with Gasteiger partial charge in [0.25, 0.3) is 5.79 Å². The summed E-state index contributed by atoms with van der Waals surface area (Å²) in [7, 11) is 1.57. The Bertz CT molecular complexity index is 700. The number of fused-ring (bicyclic) bond motifs is 1. The van der Waals surface area contributed by atoms with E-state index in [1.54, 1.807) is 37.5 Å². The molecule has 0 saturated carbocycles. The van der Waals surface area contributed by atoms with Gasteiger partial charge in [0.05, 0.1) is 7.11 Å². The van der Waals surface area contributed by atoms with Crippen LogP contribution in [0.4, 0.5) is 0 Å². The number of esters is 1. The summed E-state index contributed by atoms with van der Waals surface area (Å²) in [5, 5.41) is 0. The highest BCUT2D eigenvalue weighted by molar-refractivity contribution is 6.10. The van der Waals surface area contributed by atoms with Gasteiger partial charge in [0.1, 0.15) is 5.75 Å². The predicted octanol–water partition coefficient (Wildman–Crippen LogP) is 3.51. The molecule has 0 unspecified atom stereocenters. The summed E-state index contributed by atoms with van der Waals surface area (Å²) in [5.74, 6) is -1.76. The van der Waals surface area contributed by atoms with Gasteiger partial charge in [-0.1, -0.05) is 32.8 Å². The molecule has 1 aliphatic heterocycles. The molecule has 0 bridgehead atoms. The average Bonchev–Trinajstić information content (AvgIpc) is 2.85. The number of ketones is 1. The summed E-state index contributed by atoms with van der Waals surface area (Å²) in [6, 6.07) is 5.17. The molecule has 2 aliphatic rings. The highest BCUT2D eigenvalue weighted by Gasteiger charge is 2.60. The Morgan fingerprint density at radius 2 is 1.83 bits per heavy atom. The van der Waals surface area contributed by atoms with E-state index in [0.29, 0.717) is 24.2 Å². The lowest BCUT2D eigenvalue weighted by molar-refractivity contribution is -0.148. The van der Waals surface area contributed by atoms with Crippen LogP contribution < -0.4 is 4.74 Å². The van der Waals surface area contributed by atoms with Gasteiger partial charge in [0.15, 0.2) is 5.60 Å². The van der Waals surface area contributed by atoms with Crippen LogP contribution in [0.5, 0.6) is 5.75 Å². The highest BCUT2D eigenvalue weighted by Crippen LogP contribution is 2.44. The van der Waals surface area contributed by atoms with Gasteiger partial charge in [0.2, 0.25) is 5.78 Å². The molecule has 0 N–H and O–H groups in total. The molecular formula is C19H22O5. The van der Waals surface area contributed by atoms with E-state index in [2.05, 4.69) is 0 Å². The van der Waals surface area contributed by atoms with Crippen LogP contribution >= 0.6 is 0 Å². The summed E-state index contributed by atoms with van der Waals surface area (Å²) in [4.78, 5) is 25.5. The van der Waals surface area contributed by atoms with Crippen LogP contribution in [0.15, 0.2) is 24.3 Å². The van der Waals surface area contributed by atoms with Crippen LogP contribution in [0.2, 0.25) is 0 Å². The Morgan fingerprint density at radius 1 is 1.12 bits per heavy atom. The first-order valence-electron chi connectivity index (χ1n) is 8.36. The van der Waals surface area contributed by atoms with Crippen molar-refractivity contribution in [2.75, 3.05) is 7.11 Å². The Kier molecular flexibility index (Phi) is 4.22. The van der Waals surface area contributed by atoms with Crippen molar-refractivity contribution in [1.29, 1.82) is 0 Å². The van der Waals surface area contributed by atoms with Crippen molar-refractivity contribution >= 4 is 17.8 Å². The van der Waals surface area contributed by atoms with Gasteiger partial charge in [0, 0.05) is 5.56 Å². The third-order valence-corrected chi connectivity index (χ3v) is 4.57. The summed E-state index contributed by atoms with van der Waals surface area (Å²) in [6.45, 7) is 3.97. The first-order chi connectivity index (χ1) is 11.5. The number of methoxy groups -OCH3 is 1. The third-order valence-electron chi connectivity index (χ3n) is 4.57. The van der Waals surface area contributed by atoms with Crippen molar-refractivity contribution in [3.05, 3.63) is 35.4 Å². The molecular weight excluding hydrogens is 308 g/mol. The fraction of sp³-hybridized carbons (Fsp3) is 0.474. The van der Waals surface area contributed by atoms with Gasteiger partial charge >= 0.3 is 5.97 Å². The maximum absolute atomic E-state index is 13.0. The number of benzene rings is 1. The molecule has 128 valence electrons. The zero-order chi connectivity index (χ0) is 17.4. The van der Waals surface area contributed by atoms with Crippen LogP contribution in [0.3, 0.4) is 0 Å². The van der Waals surface area contributed by atoms with Crippen LogP contribution in [-0.4, -0.2) is 30.3 Å². The second kappa shape index (κ2) is 6.06. The largest absolute Gasteiger partial charge is 0.497 e. The third kappa shape index (κ3) is 2.44. The quantitative estimate of drug-likeness (QED) is 0.773. The predicted molar refractivity (Wildman–Crippen MR) is 88.8 cm³/mol. The standard InChI is InChI=1S/C19H22O5/c1-4-9-18(10-5-2)17(21)23-19(24-18)11-8-13-12-14(22-3)6-7-15(13)16(19)20/h6-8,11-12H,4-5,9-10H2,1-3H3/t19-/m1/s1. The molecule has 1 fully saturated rings. The lowest BCUT2D eigenvalue weighted by atomic mass is 9.90. The maximum Gasteiger partial charge on any atom is 0.341 e. The Labute approximate surface area is 141 Å². The molecule has 1 heterocycles. The molecule has 0 radical (unpaired) electrons. The number of hydrogen-bond acceptors (Lipinski definition) is 5. The van der Waals surface area contributed by atoms with Gasteiger partial charge in [-0.15, -0.1) is 0 Å². The second-order valence-corrected chi connectivity index (χ2v) is 6.27. The van der Waals surface area contributed by atoms with Gasteiger partial charge in [-0.3, -0.25) is 4.79 Å². The van der Waals surface area contributed by atoms with Gasteiger partial charge in [-0.25, -0.2) is 4.79 Å². The number of Topliss-reactive ketones (excluding diaryl/α,β-unsaturated/α-hetero) is 1. The minimum Gasteiger partial charge on any atom is -0.497 e. The number of ether oxygens (including phenoxy) is 3. The van der Waals surface area contributed by atoms with Crippen molar-refractivity contribution in [2.45, 2.75) is 50.9 Å². The monoisotopic (exact) mass is 330 g/mol. The fourth-order valence-electron chi connectivity index (χ4n) is 3.46. The summed E-state index contributed by atoms with van der Waals surface area (Å²) < 4.78 is 16.7. The number of carbonyl (C=O) groups is 2. The van der Waals surface area contributed by atoms with Crippen LogP contribution in [0.25, 0.3) is 6.08 Å². The van der Waals surface area contributed by atoms with E-state index in [0.717, 1.165) is 18.4 Å².